The molecular formula is C19H18F3N3O3. The summed E-state index contributed by atoms with van der Waals surface area (Å²) >= 11 is 0. The maximum Gasteiger partial charge on any atom is 0.416 e. The number of nitrogens with two attached hydrogens (primary N) is 1. The lowest BCUT2D eigenvalue weighted by atomic mass is 10.0. The summed E-state index contributed by atoms with van der Waals surface area (Å²) in [6.45, 7) is 1.28. The van der Waals surface area contributed by atoms with Gasteiger partial charge in [-0.2, -0.15) is 13.2 Å². The first kappa shape index (κ1) is 20.9. The number of nitrogens with one attached hydrogen (secondary N) is 2. The maximum atomic E-state index is 12.6. The third kappa shape index (κ3) is 5.57. The summed E-state index contributed by atoms with van der Waals surface area (Å²) in [5, 5.41) is 4.96. The summed E-state index contributed by atoms with van der Waals surface area (Å²) in [6, 6.07) is 9.25. The van der Waals surface area contributed by atoms with E-state index < -0.39 is 29.6 Å². The van der Waals surface area contributed by atoms with Gasteiger partial charge >= 0.3 is 6.18 Å². The number of carbonyl (C=O) groups is 3. The van der Waals surface area contributed by atoms with E-state index >= 15 is 0 Å². The maximum absolute atomic E-state index is 12.6. The van der Waals surface area contributed by atoms with Crippen LogP contribution in [-0.2, 0) is 22.2 Å². The van der Waals surface area contributed by atoms with Gasteiger partial charge in [-0.05, 0) is 29.8 Å². The van der Waals surface area contributed by atoms with Crippen LogP contribution in [0.4, 0.5) is 18.9 Å². The van der Waals surface area contributed by atoms with Gasteiger partial charge in [-0.15, -0.1) is 0 Å². The Hall–Kier alpha value is -3.36. The molecule has 2 aromatic carbocycles. The van der Waals surface area contributed by atoms with E-state index in [9.17, 15) is 27.6 Å². The molecule has 0 fully saturated rings. The highest BCUT2D eigenvalue weighted by Gasteiger charge is 2.30. The molecule has 0 aromatic heterocycles. The normalized spacial score (nSPS) is 12.1. The van der Waals surface area contributed by atoms with Crippen LogP contribution in [0, 0.1) is 0 Å². The van der Waals surface area contributed by atoms with Crippen LogP contribution in [0.1, 0.15) is 28.4 Å². The molecule has 0 aliphatic rings. The Balaban J connectivity index is 2.16. The van der Waals surface area contributed by atoms with Crippen molar-refractivity contribution in [2.24, 2.45) is 5.73 Å². The topological polar surface area (TPSA) is 101 Å². The molecule has 0 unspecified atom stereocenters. The zero-order chi connectivity index (χ0) is 20.9. The van der Waals surface area contributed by atoms with Gasteiger partial charge in [-0.3, -0.25) is 14.4 Å². The predicted molar refractivity (Wildman–Crippen MR) is 96.3 cm³/mol. The van der Waals surface area contributed by atoms with Crippen molar-refractivity contribution in [3.8, 4) is 0 Å². The number of amides is 3. The minimum Gasteiger partial charge on any atom is -0.368 e. The van der Waals surface area contributed by atoms with Crippen molar-refractivity contribution < 1.29 is 27.6 Å². The Morgan fingerprint density at radius 2 is 1.64 bits per heavy atom. The van der Waals surface area contributed by atoms with Gasteiger partial charge in [0.2, 0.25) is 11.8 Å². The van der Waals surface area contributed by atoms with E-state index in [-0.39, 0.29) is 23.6 Å². The monoisotopic (exact) mass is 393 g/mol. The molecule has 0 saturated carbocycles. The van der Waals surface area contributed by atoms with Crippen molar-refractivity contribution in [3.63, 3.8) is 0 Å². The van der Waals surface area contributed by atoms with E-state index in [1.54, 1.807) is 12.1 Å². The number of carbonyl (C=O) groups excluding carboxylic acids is 3. The van der Waals surface area contributed by atoms with Crippen LogP contribution in [-0.4, -0.2) is 23.8 Å². The zero-order valence-electron chi connectivity index (χ0n) is 14.8. The lowest BCUT2D eigenvalue weighted by Crippen LogP contribution is -2.46. The van der Waals surface area contributed by atoms with E-state index in [1.807, 2.05) is 0 Å². The van der Waals surface area contributed by atoms with Crippen molar-refractivity contribution in [2.75, 3.05) is 5.32 Å². The average Bonchev–Trinajstić information content (AvgIpc) is 2.60. The fourth-order valence-corrected chi connectivity index (χ4v) is 2.50. The van der Waals surface area contributed by atoms with Crippen LogP contribution >= 0.6 is 0 Å². The van der Waals surface area contributed by atoms with Gasteiger partial charge in [0.05, 0.1) is 16.8 Å². The standard InChI is InChI=1S/C19H18F3N3O3/c1-11(26)24-15-5-3-2-4-14(15)18(28)25-16(17(23)27)10-12-6-8-13(9-7-12)19(20,21)22/h2-9,16H,10H2,1H3,(H2,23,27)(H,24,26)(H,25,28)/t16-/m0/s1. The van der Waals surface area contributed by atoms with Gasteiger partial charge in [0.25, 0.3) is 5.91 Å². The summed E-state index contributed by atoms with van der Waals surface area (Å²) < 4.78 is 37.9. The first-order valence-corrected chi connectivity index (χ1v) is 8.21. The van der Waals surface area contributed by atoms with Gasteiger partial charge in [0.15, 0.2) is 0 Å². The number of para-hydroxylation sites is 1. The second kappa shape index (κ2) is 8.55. The molecule has 0 radical (unpaired) electrons. The Labute approximate surface area is 158 Å². The lowest BCUT2D eigenvalue weighted by molar-refractivity contribution is -0.137. The van der Waals surface area contributed by atoms with Gasteiger partial charge in [0, 0.05) is 13.3 Å². The van der Waals surface area contributed by atoms with E-state index in [1.165, 1.54) is 31.2 Å². The summed E-state index contributed by atoms with van der Waals surface area (Å²) in [4.78, 5) is 35.5. The largest absolute Gasteiger partial charge is 0.416 e. The molecule has 0 heterocycles. The van der Waals surface area contributed by atoms with Crippen molar-refractivity contribution in [1.29, 1.82) is 0 Å². The average molecular weight is 393 g/mol. The Morgan fingerprint density at radius 1 is 1.04 bits per heavy atom. The zero-order valence-corrected chi connectivity index (χ0v) is 14.8. The third-order valence-electron chi connectivity index (χ3n) is 3.85. The van der Waals surface area contributed by atoms with Crippen LogP contribution in [0.5, 0.6) is 0 Å². The molecular weight excluding hydrogens is 375 g/mol. The second-order valence-corrected chi connectivity index (χ2v) is 6.05. The molecule has 28 heavy (non-hydrogen) atoms. The minimum absolute atomic E-state index is 0.0818. The number of halogens is 3. The predicted octanol–water partition coefficient (Wildman–Crippen LogP) is 2.49. The molecule has 0 aliphatic heterocycles. The number of alkyl halides is 3. The van der Waals surface area contributed by atoms with Crippen LogP contribution in [0.15, 0.2) is 48.5 Å². The second-order valence-electron chi connectivity index (χ2n) is 6.05. The number of anilines is 1. The van der Waals surface area contributed by atoms with Crippen molar-refractivity contribution in [3.05, 3.63) is 65.2 Å². The Bertz CT molecular complexity index is 880. The SMILES string of the molecule is CC(=O)Nc1ccccc1C(=O)N[C@@H](Cc1ccc(C(F)(F)F)cc1)C(N)=O. The number of hydrogen-bond acceptors (Lipinski definition) is 3. The minimum atomic E-state index is -4.47. The molecule has 0 saturated heterocycles. The van der Waals surface area contributed by atoms with E-state index in [4.69, 9.17) is 5.73 Å². The summed E-state index contributed by atoms with van der Waals surface area (Å²) in [5.74, 6) is -1.87. The highest BCUT2D eigenvalue weighted by molar-refractivity contribution is 6.04. The molecule has 0 aliphatic carbocycles. The molecule has 4 N–H and O–H groups in total. The first-order valence-electron chi connectivity index (χ1n) is 8.21. The molecule has 1 atom stereocenters. The molecule has 2 aromatic rings. The number of hydrogen-bond donors (Lipinski definition) is 3. The third-order valence-corrected chi connectivity index (χ3v) is 3.85. The van der Waals surface area contributed by atoms with Crippen LogP contribution in [0.25, 0.3) is 0 Å². The van der Waals surface area contributed by atoms with Gasteiger partial charge < -0.3 is 16.4 Å². The molecule has 6 nitrogen and oxygen atoms in total. The Morgan fingerprint density at radius 3 is 2.18 bits per heavy atom. The smallest absolute Gasteiger partial charge is 0.368 e. The van der Waals surface area contributed by atoms with Gasteiger partial charge in [-0.1, -0.05) is 24.3 Å². The highest BCUT2D eigenvalue weighted by atomic mass is 19.4. The molecule has 3 amide bonds. The fraction of sp³-hybridized carbons (Fsp3) is 0.211. The van der Waals surface area contributed by atoms with Gasteiger partial charge in [0.1, 0.15) is 6.04 Å². The Kier molecular flexibility index (Phi) is 6.40. The molecule has 148 valence electrons. The van der Waals surface area contributed by atoms with E-state index in [2.05, 4.69) is 10.6 Å². The lowest BCUT2D eigenvalue weighted by Gasteiger charge is -2.17. The fourth-order valence-electron chi connectivity index (χ4n) is 2.50. The first-order chi connectivity index (χ1) is 13.1. The van der Waals surface area contributed by atoms with Crippen molar-refractivity contribution in [1.82, 2.24) is 5.32 Å². The molecule has 2 rings (SSSR count). The number of primary amides is 1. The van der Waals surface area contributed by atoms with Gasteiger partial charge in [-0.25, -0.2) is 0 Å². The number of benzene rings is 2. The van der Waals surface area contributed by atoms with Crippen molar-refractivity contribution >= 4 is 23.4 Å². The van der Waals surface area contributed by atoms with E-state index in [0.717, 1.165) is 12.1 Å². The number of rotatable bonds is 6. The molecule has 9 heteroatoms. The van der Waals surface area contributed by atoms with Crippen molar-refractivity contribution in [2.45, 2.75) is 25.6 Å². The highest BCUT2D eigenvalue weighted by Crippen LogP contribution is 2.29. The quantitative estimate of drug-likeness (QED) is 0.703. The van der Waals surface area contributed by atoms with Crippen LogP contribution in [0.2, 0.25) is 0 Å². The summed E-state index contributed by atoms with van der Waals surface area (Å²) in [5.41, 5.74) is 5.28. The molecule has 0 bridgehead atoms. The summed E-state index contributed by atoms with van der Waals surface area (Å²) in [6.07, 6.45) is -4.55. The van der Waals surface area contributed by atoms with Crippen LogP contribution < -0.4 is 16.4 Å². The van der Waals surface area contributed by atoms with Crippen LogP contribution in [0.3, 0.4) is 0 Å². The summed E-state index contributed by atoms with van der Waals surface area (Å²) in [7, 11) is 0. The molecule has 0 spiro atoms. The van der Waals surface area contributed by atoms with E-state index in [0.29, 0.717) is 5.56 Å².